The molecule has 4 rings (SSSR count). The molecule has 0 atom stereocenters. The van der Waals surface area contributed by atoms with E-state index in [0.29, 0.717) is 33.7 Å². The van der Waals surface area contributed by atoms with Gasteiger partial charge in [-0.05, 0) is 35.9 Å². The number of amides is 1. The number of thioether (sulfide) groups is 1. The fourth-order valence-corrected chi connectivity index (χ4v) is 3.97. The van der Waals surface area contributed by atoms with Gasteiger partial charge >= 0.3 is 0 Å². The number of nitrogens with zero attached hydrogens (tertiary/aromatic N) is 5. The normalized spacial score (nSPS) is 10.5. The highest BCUT2D eigenvalue weighted by molar-refractivity contribution is 7.98. The average Bonchev–Trinajstić information content (AvgIpc) is 3.26. The Morgan fingerprint density at radius 1 is 1.09 bits per heavy atom. The number of hydrogen-bond acceptors (Lipinski definition) is 7. The molecule has 8 nitrogen and oxygen atoms in total. The third kappa shape index (κ3) is 5.36. The molecular formula is C25H22N6O2S. The summed E-state index contributed by atoms with van der Waals surface area (Å²) < 4.78 is 7.14. The molecule has 0 aliphatic heterocycles. The molecule has 0 fully saturated rings. The van der Waals surface area contributed by atoms with Crippen LogP contribution in [0.25, 0.3) is 11.4 Å². The lowest BCUT2D eigenvalue weighted by Crippen LogP contribution is -2.31. The topological polar surface area (TPSA) is 110 Å². The fourth-order valence-electron chi connectivity index (χ4n) is 3.16. The molecule has 0 radical (unpaired) electrons. The number of ether oxygens (including phenoxy) is 1. The monoisotopic (exact) mass is 470 g/mol. The van der Waals surface area contributed by atoms with E-state index < -0.39 is 0 Å². The van der Waals surface area contributed by atoms with Crippen LogP contribution in [-0.2, 0) is 10.5 Å². The second-order valence-electron chi connectivity index (χ2n) is 7.38. The maximum Gasteiger partial charge on any atom is 0.264 e. The minimum atomic E-state index is -0.216. The second-order valence-corrected chi connectivity index (χ2v) is 8.32. The van der Waals surface area contributed by atoms with Gasteiger partial charge < -0.3 is 15.5 Å². The van der Waals surface area contributed by atoms with Crippen LogP contribution in [0.1, 0.15) is 11.1 Å². The first-order valence-corrected chi connectivity index (χ1v) is 11.4. The standard InChI is InChI=1S/C25H22N6O2S/c1-30(21-9-5-6-19(14-21)15-26)23(32)16-33-22-12-10-18(11-13-22)17-34-25-29-28-24(31(25)27)20-7-3-2-4-8-20/h2-14H,16-17,27H2,1H3. The Hall–Kier alpha value is -4.29. The summed E-state index contributed by atoms with van der Waals surface area (Å²) >= 11 is 1.48. The zero-order valence-electron chi connectivity index (χ0n) is 18.5. The summed E-state index contributed by atoms with van der Waals surface area (Å²) in [7, 11) is 1.65. The number of hydrogen-bond donors (Lipinski definition) is 1. The average molecular weight is 471 g/mol. The summed E-state index contributed by atoms with van der Waals surface area (Å²) in [6.07, 6.45) is 0. The summed E-state index contributed by atoms with van der Waals surface area (Å²) in [5.74, 6) is 7.81. The lowest BCUT2D eigenvalue weighted by atomic mass is 10.2. The number of nitrogens with two attached hydrogens (primary N) is 1. The van der Waals surface area contributed by atoms with E-state index in [1.165, 1.54) is 21.3 Å². The van der Waals surface area contributed by atoms with Gasteiger partial charge in [0.05, 0.1) is 11.6 Å². The van der Waals surface area contributed by atoms with Crippen LogP contribution in [0.3, 0.4) is 0 Å². The molecule has 4 aromatic rings. The van der Waals surface area contributed by atoms with E-state index in [-0.39, 0.29) is 12.5 Å². The Balaban J connectivity index is 1.30. The molecule has 1 aromatic heterocycles. The summed E-state index contributed by atoms with van der Waals surface area (Å²) in [6.45, 7) is -0.111. The van der Waals surface area contributed by atoms with Crippen LogP contribution >= 0.6 is 11.8 Å². The molecule has 1 amide bonds. The Morgan fingerprint density at radius 3 is 2.59 bits per heavy atom. The van der Waals surface area contributed by atoms with E-state index in [9.17, 15) is 4.79 Å². The lowest BCUT2D eigenvalue weighted by Gasteiger charge is -2.18. The lowest BCUT2D eigenvalue weighted by molar-refractivity contribution is -0.120. The molecule has 1 heterocycles. The molecule has 170 valence electrons. The predicted octanol–water partition coefficient (Wildman–Crippen LogP) is 3.86. The van der Waals surface area contributed by atoms with Gasteiger partial charge in [0, 0.05) is 24.1 Å². The number of nitrogen functional groups attached to an aromatic ring is 1. The molecule has 34 heavy (non-hydrogen) atoms. The minimum absolute atomic E-state index is 0.111. The SMILES string of the molecule is CN(C(=O)COc1ccc(CSc2nnc(-c3ccccc3)n2N)cc1)c1cccc(C#N)c1. The number of rotatable bonds is 8. The van der Waals surface area contributed by atoms with Gasteiger partial charge in [-0.3, -0.25) is 4.79 Å². The van der Waals surface area contributed by atoms with Gasteiger partial charge in [-0.25, -0.2) is 4.68 Å². The van der Waals surface area contributed by atoms with Crippen molar-refractivity contribution < 1.29 is 9.53 Å². The van der Waals surface area contributed by atoms with Crippen LogP contribution in [0.5, 0.6) is 5.75 Å². The van der Waals surface area contributed by atoms with Crippen LogP contribution in [0.15, 0.2) is 84.0 Å². The van der Waals surface area contributed by atoms with Gasteiger partial charge in [0.25, 0.3) is 5.91 Å². The number of likely N-dealkylation sites (N-methyl/N-ethyl adjacent to an activating group) is 1. The zero-order chi connectivity index (χ0) is 23.9. The highest BCUT2D eigenvalue weighted by Crippen LogP contribution is 2.25. The third-order valence-electron chi connectivity index (χ3n) is 5.09. The predicted molar refractivity (Wildman–Crippen MR) is 132 cm³/mol. The number of aromatic nitrogens is 3. The third-order valence-corrected chi connectivity index (χ3v) is 6.10. The molecule has 3 aromatic carbocycles. The largest absolute Gasteiger partial charge is 0.484 e. The van der Waals surface area contributed by atoms with Crippen molar-refractivity contribution in [3.05, 3.63) is 90.0 Å². The van der Waals surface area contributed by atoms with E-state index in [2.05, 4.69) is 16.3 Å². The van der Waals surface area contributed by atoms with Gasteiger partial charge in [-0.15, -0.1) is 10.2 Å². The first-order chi connectivity index (χ1) is 16.5. The first kappa shape index (κ1) is 22.9. The zero-order valence-corrected chi connectivity index (χ0v) is 19.3. The van der Waals surface area contributed by atoms with Crippen molar-refractivity contribution in [3.8, 4) is 23.2 Å². The maximum atomic E-state index is 12.5. The smallest absolute Gasteiger partial charge is 0.264 e. The number of carbonyl (C=O) groups is 1. The van der Waals surface area contributed by atoms with Crippen molar-refractivity contribution in [2.24, 2.45) is 0 Å². The summed E-state index contributed by atoms with van der Waals surface area (Å²) in [4.78, 5) is 13.9. The number of carbonyl (C=O) groups excluding carboxylic acids is 1. The van der Waals surface area contributed by atoms with Gasteiger partial charge in [-0.1, -0.05) is 60.3 Å². The molecule has 9 heteroatoms. The second kappa shape index (κ2) is 10.6. The van der Waals surface area contributed by atoms with Crippen LogP contribution in [0.2, 0.25) is 0 Å². The molecule has 0 bridgehead atoms. The van der Waals surface area contributed by atoms with Crippen LogP contribution < -0.4 is 15.5 Å². The highest BCUT2D eigenvalue weighted by Gasteiger charge is 2.13. The Morgan fingerprint density at radius 2 is 1.85 bits per heavy atom. The molecule has 0 unspecified atom stereocenters. The van der Waals surface area contributed by atoms with Crippen molar-refractivity contribution >= 4 is 23.4 Å². The molecule has 0 saturated carbocycles. The van der Waals surface area contributed by atoms with E-state index in [4.69, 9.17) is 15.8 Å². The van der Waals surface area contributed by atoms with Crippen molar-refractivity contribution in [1.29, 1.82) is 5.26 Å². The summed E-state index contributed by atoms with van der Waals surface area (Å²) in [6, 6.07) is 26.1. The molecule has 0 aliphatic rings. The molecule has 0 saturated heterocycles. The summed E-state index contributed by atoms with van der Waals surface area (Å²) in [5, 5.41) is 18.0. The Labute approximate surface area is 201 Å². The van der Waals surface area contributed by atoms with E-state index in [1.54, 1.807) is 31.3 Å². The van der Waals surface area contributed by atoms with Gasteiger partial charge in [0.15, 0.2) is 12.4 Å². The van der Waals surface area contributed by atoms with Crippen molar-refractivity contribution in [1.82, 2.24) is 14.9 Å². The number of benzene rings is 3. The van der Waals surface area contributed by atoms with Crippen molar-refractivity contribution in [3.63, 3.8) is 0 Å². The van der Waals surface area contributed by atoms with Gasteiger partial charge in [0.1, 0.15) is 5.75 Å². The highest BCUT2D eigenvalue weighted by atomic mass is 32.2. The molecule has 0 aliphatic carbocycles. The summed E-state index contributed by atoms with van der Waals surface area (Å²) in [5.41, 5.74) is 3.10. The Kier molecular flexibility index (Phi) is 7.10. The van der Waals surface area contributed by atoms with Gasteiger partial charge in [-0.2, -0.15) is 5.26 Å². The van der Waals surface area contributed by atoms with Crippen molar-refractivity contribution in [2.75, 3.05) is 24.4 Å². The van der Waals surface area contributed by atoms with Crippen LogP contribution in [0.4, 0.5) is 5.69 Å². The quantitative estimate of drug-likeness (QED) is 0.307. The van der Waals surface area contributed by atoms with E-state index in [1.807, 2.05) is 54.6 Å². The maximum absolute atomic E-state index is 12.5. The molecule has 0 spiro atoms. The fraction of sp³-hybridized carbons (Fsp3) is 0.120. The first-order valence-electron chi connectivity index (χ1n) is 10.4. The van der Waals surface area contributed by atoms with Crippen LogP contribution in [0, 0.1) is 11.3 Å². The van der Waals surface area contributed by atoms with E-state index >= 15 is 0 Å². The van der Waals surface area contributed by atoms with Gasteiger partial charge in [0.2, 0.25) is 5.16 Å². The van der Waals surface area contributed by atoms with Crippen LogP contribution in [-0.4, -0.2) is 34.4 Å². The number of nitriles is 1. The minimum Gasteiger partial charge on any atom is -0.484 e. The number of anilines is 1. The molecular weight excluding hydrogens is 448 g/mol. The van der Waals surface area contributed by atoms with Crippen molar-refractivity contribution in [2.45, 2.75) is 10.9 Å². The molecule has 2 N–H and O–H groups in total. The van der Waals surface area contributed by atoms with E-state index in [0.717, 1.165) is 11.1 Å². The Bertz CT molecular complexity index is 1320.